The predicted molar refractivity (Wildman–Crippen MR) is 92.2 cm³/mol. The summed E-state index contributed by atoms with van der Waals surface area (Å²) in [5, 5.41) is 4.65. The fourth-order valence-corrected chi connectivity index (χ4v) is 2.82. The van der Waals surface area contributed by atoms with Crippen molar-refractivity contribution in [2.24, 2.45) is 0 Å². The number of benzene rings is 2. The molecule has 2 aromatic heterocycles. The molecule has 4 heteroatoms. The second kappa shape index (κ2) is 5.93. The lowest BCUT2D eigenvalue weighted by atomic mass is 9.98. The summed E-state index contributed by atoms with van der Waals surface area (Å²) in [6.45, 7) is 0. The Bertz CT molecular complexity index is 900. The number of aromatic nitrogens is 3. The molecule has 0 fully saturated rings. The van der Waals surface area contributed by atoms with Crippen LogP contribution in [0, 0.1) is 0 Å². The number of nitrogens with one attached hydrogen (secondary N) is 2. The highest BCUT2D eigenvalue weighted by molar-refractivity contribution is 5.84. The van der Waals surface area contributed by atoms with Gasteiger partial charge >= 0.3 is 0 Å². The summed E-state index contributed by atoms with van der Waals surface area (Å²) in [5.74, 6) is 0.617. The van der Waals surface area contributed by atoms with Gasteiger partial charge in [0.25, 0.3) is 0 Å². The molecule has 2 heterocycles. The van der Waals surface area contributed by atoms with Gasteiger partial charge in [0, 0.05) is 35.1 Å². The van der Waals surface area contributed by atoms with Crippen molar-refractivity contribution in [3.05, 3.63) is 90.4 Å². The lowest BCUT2D eigenvalue weighted by Gasteiger charge is -2.19. The summed E-state index contributed by atoms with van der Waals surface area (Å²) in [5.41, 5.74) is 3.48. The summed E-state index contributed by atoms with van der Waals surface area (Å²) < 4.78 is 0. The number of hydrogen-bond donors (Lipinski definition) is 2. The van der Waals surface area contributed by atoms with Gasteiger partial charge in [0.15, 0.2) is 0 Å². The summed E-state index contributed by atoms with van der Waals surface area (Å²) in [6.07, 6.45) is 5.54. The molecule has 0 aliphatic rings. The van der Waals surface area contributed by atoms with Gasteiger partial charge in [-0.25, -0.2) is 9.97 Å². The third-order valence-corrected chi connectivity index (χ3v) is 3.90. The zero-order valence-electron chi connectivity index (χ0n) is 12.5. The van der Waals surface area contributed by atoms with E-state index in [-0.39, 0.29) is 6.04 Å². The Balaban J connectivity index is 1.82. The molecular formula is C19H16N4. The van der Waals surface area contributed by atoms with E-state index in [4.69, 9.17) is 0 Å². The summed E-state index contributed by atoms with van der Waals surface area (Å²) in [4.78, 5) is 11.9. The van der Waals surface area contributed by atoms with Gasteiger partial charge in [0.2, 0.25) is 5.95 Å². The molecule has 2 aromatic carbocycles. The molecule has 2 N–H and O–H groups in total. The van der Waals surface area contributed by atoms with Gasteiger partial charge in [0.05, 0.1) is 6.04 Å². The van der Waals surface area contributed by atoms with E-state index >= 15 is 0 Å². The molecule has 4 nitrogen and oxygen atoms in total. The number of hydrogen-bond acceptors (Lipinski definition) is 3. The molecule has 112 valence electrons. The SMILES string of the molecule is c1ccc(C(Nc2ncccn2)c2c[nH]c3ccccc23)cc1. The van der Waals surface area contributed by atoms with Crippen molar-refractivity contribution in [2.45, 2.75) is 6.04 Å². The lowest BCUT2D eigenvalue weighted by molar-refractivity contribution is 0.916. The first-order chi connectivity index (χ1) is 11.4. The van der Waals surface area contributed by atoms with Crippen LogP contribution < -0.4 is 5.32 Å². The Kier molecular flexibility index (Phi) is 3.48. The molecule has 0 spiro atoms. The van der Waals surface area contributed by atoms with Crippen molar-refractivity contribution < 1.29 is 0 Å². The zero-order chi connectivity index (χ0) is 15.5. The topological polar surface area (TPSA) is 53.6 Å². The van der Waals surface area contributed by atoms with Crippen LogP contribution in [0.3, 0.4) is 0 Å². The van der Waals surface area contributed by atoms with Gasteiger partial charge in [-0.2, -0.15) is 0 Å². The summed E-state index contributed by atoms with van der Waals surface area (Å²) in [7, 11) is 0. The predicted octanol–water partition coefficient (Wildman–Crippen LogP) is 4.16. The maximum atomic E-state index is 4.30. The van der Waals surface area contributed by atoms with Crippen LogP contribution in [-0.2, 0) is 0 Å². The van der Waals surface area contributed by atoms with E-state index in [2.05, 4.69) is 56.8 Å². The molecule has 0 aliphatic carbocycles. The fourth-order valence-electron chi connectivity index (χ4n) is 2.82. The van der Waals surface area contributed by atoms with Crippen molar-refractivity contribution in [3.63, 3.8) is 0 Å². The first-order valence-corrected chi connectivity index (χ1v) is 7.56. The molecule has 0 amide bonds. The van der Waals surface area contributed by atoms with Gasteiger partial charge in [0.1, 0.15) is 0 Å². The van der Waals surface area contributed by atoms with Crippen LogP contribution in [0.5, 0.6) is 0 Å². The quantitative estimate of drug-likeness (QED) is 0.595. The molecule has 0 radical (unpaired) electrons. The minimum absolute atomic E-state index is 0.0188. The van der Waals surface area contributed by atoms with E-state index < -0.39 is 0 Å². The average Bonchev–Trinajstić information content (AvgIpc) is 3.05. The van der Waals surface area contributed by atoms with E-state index in [1.807, 2.05) is 30.3 Å². The van der Waals surface area contributed by atoms with Gasteiger partial charge in [-0.3, -0.25) is 0 Å². The molecule has 0 aliphatic heterocycles. The second-order valence-electron chi connectivity index (χ2n) is 5.35. The first-order valence-electron chi connectivity index (χ1n) is 7.56. The van der Waals surface area contributed by atoms with Gasteiger partial charge in [-0.15, -0.1) is 0 Å². The Hall–Kier alpha value is -3.14. The number of aromatic amines is 1. The Morgan fingerprint density at radius 3 is 2.39 bits per heavy atom. The second-order valence-corrected chi connectivity index (χ2v) is 5.35. The monoisotopic (exact) mass is 300 g/mol. The van der Waals surface area contributed by atoms with Crippen LogP contribution in [0.2, 0.25) is 0 Å². The first kappa shape index (κ1) is 13.5. The lowest BCUT2D eigenvalue weighted by Crippen LogP contribution is -2.13. The Labute approximate surface area is 134 Å². The Morgan fingerprint density at radius 2 is 1.57 bits per heavy atom. The number of anilines is 1. The molecule has 23 heavy (non-hydrogen) atoms. The van der Waals surface area contributed by atoms with E-state index in [9.17, 15) is 0 Å². The van der Waals surface area contributed by atoms with Crippen molar-refractivity contribution in [1.82, 2.24) is 15.0 Å². The largest absolute Gasteiger partial charge is 0.361 e. The van der Waals surface area contributed by atoms with Crippen LogP contribution in [0.1, 0.15) is 17.2 Å². The third kappa shape index (κ3) is 2.66. The standard InChI is InChI=1S/C19H16N4/c1-2-7-14(8-3-1)18(23-19-20-11-6-12-21-19)16-13-22-17-10-5-4-9-15(16)17/h1-13,18,22H,(H,20,21,23). The van der Waals surface area contributed by atoms with E-state index in [0.717, 1.165) is 5.52 Å². The number of nitrogens with zero attached hydrogens (tertiary/aromatic N) is 2. The maximum absolute atomic E-state index is 4.30. The van der Waals surface area contributed by atoms with Crippen molar-refractivity contribution in [3.8, 4) is 0 Å². The van der Waals surface area contributed by atoms with Gasteiger partial charge < -0.3 is 10.3 Å². The smallest absolute Gasteiger partial charge is 0.223 e. The van der Waals surface area contributed by atoms with Crippen molar-refractivity contribution in [2.75, 3.05) is 5.32 Å². The zero-order valence-corrected chi connectivity index (χ0v) is 12.5. The Morgan fingerprint density at radius 1 is 0.826 bits per heavy atom. The molecule has 0 saturated carbocycles. The highest BCUT2D eigenvalue weighted by atomic mass is 15.1. The van der Waals surface area contributed by atoms with Crippen molar-refractivity contribution in [1.29, 1.82) is 0 Å². The fraction of sp³-hybridized carbons (Fsp3) is 0.0526. The van der Waals surface area contributed by atoms with E-state index in [1.165, 1.54) is 16.5 Å². The van der Waals surface area contributed by atoms with Gasteiger partial charge in [-0.1, -0.05) is 48.5 Å². The van der Waals surface area contributed by atoms with Crippen LogP contribution >= 0.6 is 0 Å². The van der Waals surface area contributed by atoms with Crippen molar-refractivity contribution >= 4 is 16.9 Å². The highest BCUT2D eigenvalue weighted by Gasteiger charge is 2.18. The summed E-state index contributed by atoms with van der Waals surface area (Å²) in [6, 6.07) is 20.4. The third-order valence-electron chi connectivity index (χ3n) is 3.90. The molecule has 0 bridgehead atoms. The number of fused-ring (bicyclic) bond motifs is 1. The normalized spacial score (nSPS) is 12.2. The molecule has 4 rings (SSSR count). The number of para-hydroxylation sites is 1. The van der Waals surface area contributed by atoms with Crippen LogP contribution in [0.25, 0.3) is 10.9 Å². The van der Waals surface area contributed by atoms with Crippen LogP contribution in [0.15, 0.2) is 79.3 Å². The van der Waals surface area contributed by atoms with E-state index in [0.29, 0.717) is 5.95 Å². The van der Waals surface area contributed by atoms with Crippen LogP contribution in [-0.4, -0.2) is 15.0 Å². The highest BCUT2D eigenvalue weighted by Crippen LogP contribution is 2.30. The molecular weight excluding hydrogens is 284 g/mol. The minimum atomic E-state index is -0.0188. The molecule has 1 unspecified atom stereocenters. The maximum Gasteiger partial charge on any atom is 0.223 e. The molecule has 1 atom stereocenters. The van der Waals surface area contributed by atoms with Gasteiger partial charge in [-0.05, 0) is 17.7 Å². The molecule has 0 saturated heterocycles. The summed E-state index contributed by atoms with van der Waals surface area (Å²) >= 11 is 0. The molecule has 4 aromatic rings. The van der Waals surface area contributed by atoms with Crippen LogP contribution in [0.4, 0.5) is 5.95 Å². The van der Waals surface area contributed by atoms with E-state index in [1.54, 1.807) is 12.4 Å². The number of rotatable bonds is 4. The average molecular weight is 300 g/mol. The number of H-pyrrole nitrogens is 1. The minimum Gasteiger partial charge on any atom is -0.361 e.